The summed E-state index contributed by atoms with van der Waals surface area (Å²) in [5.74, 6) is 0. The summed E-state index contributed by atoms with van der Waals surface area (Å²) in [6.45, 7) is 3.43. The monoisotopic (exact) mass is 131 g/mol. The lowest BCUT2D eigenvalue weighted by Gasteiger charge is -2.24. The SMILES string of the molecule is CCC[N+](C)(C)[N+](C)C. The highest BCUT2D eigenvalue weighted by molar-refractivity contribution is 4.27. The lowest BCUT2D eigenvalue weighted by atomic mass is 10.4. The van der Waals surface area contributed by atoms with Crippen molar-refractivity contribution in [2.45, 2.75) is 13.3 Å². The second kappa shape index (κ2) is 3.18. The largest absolute Gasteiger partial charge is 0.167 e. The maximum absolute atomic E-state index is 2.21. The molecule has 2 heteroatoms. The predicted octanol–water partition coefficient (Wildman–Crippen LogP) is 0.787. The van der Waals surface area contributed by atoms with Crippen molar-refractivity contribution in [2.75, 3.05) is 34.7 Å². The third kappa shape index (κ3) is 2.82. The van der Waals surface area contributed by atoms with Gasteiger partial charge in [0.2, 0.25) is 0 Å². The Balaban J connectivity index is 3.70. The van der Waals surface area contributed by atoms with Gasteiger partial charge in [0.05, 0.1) is 0 Å². The van der Waals surface area contributed by atoms with Gasteiger partial charge in [0.1, 0.15) is 20.6 Å². The molecular formula is C7H19N2+2. The van der Waals surface area contributed by atoms with Gasteiger partial charge >= 0.3 is 0 Å². The molecule has 55 valence electrons. The van der Waals surface area contributed by atoms with Gasteiger partial charge in [0.15, 0.2) is 14.1 Å². The topological polar surface area (TPSA) is 5.90 Å². The number of hydrogen-bond acceptors (Lipinski definition) is 1. The van der Waals surface area contributed by atoms with Crippen LogP contribution in [0.3, 0.4) is 0 Å². The molecular weight excluding hydrogens is 112 g/mol. The molecule has 0 saturated heterocycles. The minimum atomic E-state index is 0.983. The molecule has 0 rings (SSSR count). The lowest BCUT2D eigenvalue weighted by molar-refractivity contribution is -0.962. The molecule has 0 atom stereocenters. The summed E-state index contributed by atoms with van der Waals surface area (Å²) in [7, 11) is 8.64. The standard InChI is InChI=1S/C7H19N2/c1-6-7-9(4,5)8(2)3/h6-7H2,1-5H3/q+2. The van der Waals surface area contributed by atoms with E-state index >= 15 is 0 Å². The van der Waals surface area contributed by atoms with E-state index in [4.69, 9.17) is 0 Å². The van der Waals surface area contributed by atoms with Crippen molar-refractivity contribution in [3.8, 4) is 0 Å². The van der Waals surface area contributed by atoms with Crippen molar-refractivity contribution in [1.29, 1.82) is 0 Å². The van der Waals surface area contributed by atoms with E-state index in [1.165, 1.54) is 13.0 Å². The second-order valence-electron chi connectivity index (χ2n) is 3.19. The summed E-state index contributed by atoms with van der Waals surface area (Å²) < 4.78 is 0.983. The van der Waals surface area contributed by atoms with Crippen molar-refractivity contribution >= 4 is 0 Å². The van der Waals surface area contributed by atoms with Crippen LogP contribution in [0.2, 0.25) is 0 Å². The zero-order valence-electron chi connectivity index (χ0n) is 7.31. The van der Waals surface area contributed by atoms with E-state index in [1.54, 1.807) is 0 Å². The van der Waals surface area contributed by atoms with E-state index in [2.05, 4.69) is 40.1 Å². The molecule has 2 nitrogen and oxygen atoms in total. The molecule has 9 heavy (non-hydrogen) atoms. The van der Waals surface area contributed by atoms with E-state index < -0.39 is 0 Å². The highest BCUT2D eigenvalue weighted by Crippen LogP contribution is 1.97. The van der Waals surface area contributed by atoms with Crippen LogP contribution in [0.5, 0.6) is 0 Å². The molecule has 0 aromatic heterocycles. The van der Waals surface area contributed by atoms with Gasteiger partial charge in [-0.2, -0.15) is 0 Å². The summed E-state index contributed by atoms with van der Waals surface area (Å²) >= 11 is 0. The number of quaternary nitrogens is 1. The number of nitrogens with zero attached hydrogens (tertiary/aromatic N) is 2. The van der Waals surface area contributed by atoms with Crippen LogP contribution in [-0.4, -0.2) is 39.3 Å². The van der Waals surface area contributed by atoms with E-state index in [1.807, 2.05) is 0 Å². The van der Waals surface area contributed by atoms with Crippen molar-refractivity contribution in [3.05, 3.63) is 0 Å². The maximum Gasteiger partial charge on any atom is 0.167 e. The van der Waals surface area contributed by atoms with Crippen LogP contribution >= 0.6 is 0 Å². The van der Waals surface area contributed by atoms with Crippen LogP contribution in [0.25, 0.3) is 0 Å². The van der Waals surface area contributed by atoms with Gasteiger partial charge in [-0.15, -0.1) is 4.59 Å². The van der Waals surface area contributed by atoms with E-state index in [0.29, 0.717) is 0 Å². The Morgan fingerprint density at radius 1 is 1.22 bits per heavy atom. The fourth-order valence-corrected chi connectivity index (χ4v) is 0.747. The highest BCUT2D eigenvalue weighted by atomic mass is 15.7. The first-order valence-corrected chi connectivity index (χ1v) is 3.51. The maximum atomic E-state index is 2.21. The lowest BCUT2D eigenvalue weighted by Crippen LogP contribution is -2.54. The average Bonchev–Trinajstić information content (AvgIpc) is 1.65. The van der Waals surface area contributed by atoms with Crippen LogP contribution in [0.4, 0.5) is 0 Å². The molecule has 0 aliphatic carbocycles. The molecule has 0 aliphatic rings. The summed E-state index contributed by atoms with van der Waals surface area (Å²) in [5, 5.41) is 2.21. The third-order valence-electron chi connectivity index (χ3n) is 1.85. The molecule has 0 heterocycles. The van der Waals surface area contributed by atoms with Crippen LogP contribution in [0, 0.1) is 0 Å². The van der Waals surface area contributed by atoms with Gasteiger partial charge in [-0.1, -0.05) is 6.92 Å². The number of hydrogen-bond donors (Lipinski definition) is 0. The van der Waals surface area contributed by atoms with E-state index in [-0.39, 0.29) is 0 Å². The molecule has 0 bridgehead atoms. The molecule has 0 aromatic rings. The molecule has 0 N–H and O–H groups in total. The Labute approximate surface area is 58.6 Å². The van der Waals surface area contributed by atoms with E-state index in [9.17, 15) is 0 Å². The summed E-state index contributed by atoms with van der Waals surface area (Å²) in [5.41, 5.74) is 0. The van der Waals surface area contributed by atoms with Crippen LogP contribution in [0.1, 0.15) is 13.3 Å². The Morgan fingerprint density at radius 2 is 1.67 bits per heavy atom. The van der Waals surface area contributed by atoms with Crippen LogP contribution < -0.4 is 5.01 Å². The van der Waals surface area contributed by atoms with Crippen molar-refractivity contribution < 1.29 is 4.59 Å². The molecule has 0 unspecified atom stereocenters. The van der Waals surface area contributed by atoms with Gasteiger partial charge in [0.25, 0.3) is 0 Å². The van der Waals surface area contributed by atoms with Crippen molar-refractivity contribution in [3.63, 3.8) is 0 Å². The highest BCUT2D eigenvalue weighted by Gasteiger charge is 2.24. The Hall–Kier alpha value is -0.0800. The summed E-state index contributed by atoms with van der Waals surface area (Å²) in [6, 6.07) is 0. The Kier molecular flexibility index (Phi) is 3.15. The van der Waals surface area contributed by atoms with Crippen LogP contribution in [0.15, 0.2) is 0 Å². The predicted molar refractivity (Wildman–Crippen MR) is 41.2 cm³/mol. The molecule has 0 aliphatic heterocycles. The smallest absolute Gasteiger partial charge is 0.129 e. The third-order valence-corrected chi connectivity index (χ3v) is 1.85. The normalized spacial score (nSPS) is 12.7. The van der Waals surface area contributed by atoms with Crippen molar-refractivity contribution in [1.82, 2.24) is 5.01 Å². The molecule has 0 fully saturated rings. The molecule has 0 saturated carbocycles. The first kappa shape index (κ1) is 8.92. The average molecular weight is 131 g/mol. The van der Waals surface area contributed by atoms with E-state index in [0.717, 1.165) is 4.59 Å². The van der Waals surface area contributed by atoms with Gasteiger partial charge in [0, 0.05) is 0 Å². The van der Waals surface area contributed by atoms with Gasteiger partial charge < -0.3 is 0 Å². The molecule has 0 amide bonds. The first-order chi connectivity index (χ1) is 4.00. The quantitative estimate of drug-likeness (QED) is 0.303. The Morgan fingerprint density at radius 3 is 1.78 bits per heavy atom. The second-order valence-corrected chi connectivity index (χ2v) is 3.19. The fraction of sp³-hybridized carbons (Fsp3) is 1.00. The molecule has 1 radical (unpaired) electrons. The first-order valence-electron chi connectivity index (χ1n) is 3.51. The minimum absolute atomic E-state index is 0.983. The van der Waals surface area contributed by atoms with Crippen molar-refractivity contribution in [2.24, 2.45) is 0 Å². The molecule has 0 spiro atoms. The minimum Gasteiger partial charge on any atom is -0.129 e. The van der Waals surface area contributed by atoms with Gasteiger partial charge in [-0.25, -0.2) is 0 Å². The van der Waals surface area contributed by atoms with Crippen LogP contribution in [-0.2, 0) is 0 Å². The summed E-state index contributed by atoms with van der Waals surface area (Å²) in [6.07, 6.45) is 1.24. The fourth-order valence-electron chi connectivity index (χ4n) is 0.747. The zero-order chi connectivity index (χ0) is 7.49. The van der Waals surface area contributed by atoms with Gasteiger partial charge in [-0.3, -0.25) is 0 Å². The Bertz CT molecular complexity index is 77.0. The van der Waals surface area contributed by atoms with Gasteiger partial charge in [-0.05, 0) is 11.4 Å². The molecule has 0 aromatic carbocycles. The number of rotatable bonds is 3. The summed E-state index contributed by atoms with van der Waals surface area (Å²) in [4.78, 5) is 0. The zero-order valence-corrected chi connectivity index (χ0v) is 7.31.